The standard InChI is InChI=1S/C8H12O6/c9-5-4-8(12)13-6(10)2-1-3-7(11)14-8/h9,12H,1-5H2. The molecule has 6 heteroatoms. The topological polar surface area (TPSA) is 93.1 Å². The van der Waals surface area contributed by atoms with Crippen LogP contribution in [0, 0.1) is 0 Å². The minimum atomic E-state index is -2.30. The number of ether oxygens (including phenoxy) is 2. The van der Waals surface area contributed by atoms with Crippen LogP contribution in [0.4, 0.5) is 0 Å². The Balaban J connectivity index is 2.68. The number of esters is 2. The van der Waals surface area contributed by atoms with E-state index >= 15 is 0 Å². The lowest BCUT2D eigenvalue weighted by atomic mass is 10.2. The van der Waals surface area contributed by atoms with Gasteiger partial charge in [0.2, 0.25) is 0 Å². The van der Waals surface area contributed by atoms with Crippen LogP contribution >= 0.6 is 0 Å². The zero-order valence-corrected chi connectivity index (χ0v) is 7.56. The minimum absolute atomic E-state index is 0.0584. The maximum Gasteiger partial charge on any atom is 0.375 e. The molecule has 0 atom stereocenters. The van der Waals surface area contributed by atoms with E-state index in [1.165, 1.54) is 0 Å². The van der Waals surface area contributed by atoms with E-state index in [9.17, 15) is 14.7 Å². The molecule has 1 saturated heterocycles. The Kier molecular flexibility index (Phi) is 3.43. The number of hydrogen-bond acceptors (Lipinski definition) is 6. The summed E-state index contributed by atoms with van der Waals surface area (Å²) in [4.78, 5) is 22.0. The van der Waals surface area contributed by atoms with Gasteiger partial charge < -0.3 is 19.7 Å². The van der Waals surface area contributed by atoms with Crippen molar-refractivity contribution in [3.05, 3.63) is 0 Å². The molecule has 1 rings (SSSR count). The molecule has 0 aromatic heterocycles. The second-order valence-electron chi connectivity index (χ2n) is 2.99. The van der Waals surface area contributed by atoms with E-state index in [0.29, 0.717) is 6.42 Å². The molecule has 0 aromatic rings. The third kappa shape index (κ3) is 2.97. The first kappa shape index (κ1) is 10.9. The fraction of sp³-hybridized carbons (Fsp3) is 0.750. The lowest BCUT2D eigenvalue weighted by Crippen LogP contribution is -2.42. The number of cyclic esters (lactones) is 2. The number of aliphatic hydroxyl groups is 2. The van der Waals surface area contributed by atoms with E-state index in [2.05, 4.69) is 9.47 Å². The van der Waals surface area contributed by atoms with Crippen molar-refractivity contribution in [1.82, 2.24) is 0 Å². The van der Waals surface area contributed by atoms with Gasteiger partial charge in [-0.1, -0.05) is 0 Å². The van der Waals surface area contributed by atoms with Crippen molar-refractivity contribution in [1.29, 1.82) is 0 Å². The van der Waals surface area contributed by atoms with Gasteiger partial charge in [0.15, 0.2) is 0 Å². The van der Waals surface area contributed by atoms with Crippen molar-refractivity contribution >= 4 is 11.9 Å². The van der Waals surface area contributed by atoms with Gasteiger partial charge in [0.05, 0.1) is 13.0 Å². The quantitative estimate of drug-likeness (QED) is 0.577. The lowest BCUT2D eigenvalue weighted by molar-refractivity contribution is -0.331. The molecule has 1 fully saturated rings. The van der Waals surface area contributed by atoms with E-state index in [1.807, 2.05) is 0 Å². The summed E-state index contributed by atoms with van der Waals surface area (Å²) in [7, 11) is 0. The molecular weight excluding hydrogens is 192 g/mol. The molecule has 1 aliphatic rings. The summed E-state index contributed by atoms with van der Waals surface area (Å²) in [5.41, 5.74) is 0. The summed E-state index contributed by atoms with van der Waals surface area (Å²) in [6, 6.07) is 0. The van der Waals surface area contributed by atoms with Gasteiger partial charge in [-0.25, -0.2) is 0 Å². The van der Waals surface area contributed by atoms with Gasteiger partial charge in [0.1, 0.15) is 0 Å². The maximum atomic E-state index is 11.0. The van der Waals surface area contributed by atoms with Gasteiger partial charge in [-0.2, -0.15) is 0 Å². The second kappa shape index (κ2) is 4.39. The smallest absolute Gasteiger partial charge is 0.375 e. The predicted octanol–water partition coefficient (Wildman–Crippen LogP) is -0.715. The zero-order chi connectivity index (χ0) is 10.6. The summed E-state index contributed by atoms with van der Waals surface area (Å²) in [5.74, 6) is -3.59. The molecule has 0 aromatic carbocycles. The van der Waals surface area contributed by atoms with Gasteiger partial charge >= 0.3 is 17.9 Å². The van der Waals surface area contributed by atoms with Crippen LogP contribution in [0.15, 0.2) is 0 Å². The Bertz CT molecular complexity index is 218. The molecule has 0 amide bonds. The summed E-state index contributed by atoms with van der Waals surface area (Å²) in [6.07, 6.45) is 0.114. The van der Waals surface area contributed by atoms with Crippen LogP contribution < -0.4 is 0 Å². The van der Waals surface area contributed by atoms with Crippen molar-refractivity contribution in [2.75, 3.05) is 6.61 Å². The molecule has 6 nitrogen and oxygen atoms in total. The highest BCUT2D eigenvalue weighted by molar-refractivity contribution is 5.74. The van der Waals surface area contributed by atoms with Crippen LogP contribution in [0.5, 0.6) is 0 Å². The molecule has 0 aliphatic carbocycles. The van der Waals surface area contributed by atoms with Gasteiger partial charge in [0.25, 0.3) is 0 Å². The van der Waals surface area contributed by atoms with Crippen molar-refractivity contribution in [3.63, 3.8) is 0 Å². The number of aliphatic hydroxyl groups excluding tert-OH is 1. The molecule has 0 saturated carbocycles. The third-order valence-electron chi connectivity index (χ3n) is 1.74. The monoisotopic (exact) mass is 204 g/mol. The van der Waals surface area contributed by atoms with E-state index in [1.54, 1.807) is 0 Å². The molecule has 1 aliphatic heterocycles. The Hall–Kier alpha value is -1.14. The Morgan fingerprint density at radius 3 is 2.14 bits per heavy atom. The molecule has 14 heavy (non-hydrogen) atoms. The van der Waals surface area contributed by atoms with Crippen LogP contribution in [0.3, 0.4) is 0 Å². The van der Waals surface area contributed by atoms with E-state index in [0.717, 1.165) is 0 Å². The first-order chi connectivity index (χ1) is 6.56. The Morgan fingerprint density at radius 2 is 1.71 bits per heavy atom. The van der Waals surface area contributed by atoms with Crippen LogP contribution in [0.2, 0.25) is 0 Å². The predicted molar refractivity (Wildman–Crippen MR) is 42.7 cm³/mol. The molecule has 0 spiro atoms. The third-order valence-corrected chi connectivity index (χ3v) is 1.74. The summed E-state index contributed by atoms with van der Waals surface area (Å²) in [5, 5.41) is 18.0. The minimum Gasteiger partial charge on any atom is -0.398 e. The van der Waals surface area contributed by atoms with E-state index in [-0.39, 0.29) is 19.3 Å². The average Bonchev–Trinajstić information content (AvgIpc) is 2.00. The number of rotatable bonds is 2. The highest BCUT2D eigenvalue weighted by Crippen LogP contribution is 2.20. The molecule has 1 heterocycles. The molecule has 0 unspecified atom stereocenters. The molecule has 80 valence electrons. The zero-order valence-electron chi connectivity index (χ0n) is 7.56. The van der Waals surface area contributed by atoms with Crippen LogP contribution in [-0.4, -0.2) is 34.7 Å². The lowest BCUT2D eigenvalue weighted by Gasteiger charge is -2.27. The van der Waals surface area contributed by atoms with Crippen molar-refractivity contribution in [3.8, 4) is 0 Å². The first-order valence-electron chi connectivity index (χ1n) is 4.33. The molecule has 0 radical (unpaired) electrons. The average molecular weight is 204 g/mol. The van der Waals surface area contributed by atoms with E-state index in [4.69, 9.17) is 5.11 Å². The van der Waals surface area contributed by atoms with Gasteiger partial charge in [-0.15, -0.1) is 0 Å². The number of hydrogen-bond donors (Lipinski definition) is 2. The summed E-state index contributed by atoms with van der Waals surface area (Å²) >= 11 is 0. The number of carbonyl (C=O) groups is 2. The van der Waals surface area contributed by atoms with E-state index < -0.39 is 24.5 Å². The van der Waals surface area contributed by atoms with Gasteiger partial charge in [-0.3, -0.25) is 9.59 Å². The highest BCUT2D eigenvalue weighted by Gasteiger charge is 2.37. The fourth-order valence-corrected chi connectivity index (χ4v) is 1.10. The van der Waals surface area contributed by atoms with Crippen molar-refractivity contribution < 1.29 is 29.3 Å². The Labute approximate surface area is 80.4 Å². The summed E-state index contributed by atoms with van der Waals surface area (Å²) < 4.78 is 9.01. The summed E-state index contributed by atoms with van der Waals surface area (Å²) in [6.45, 7) is -0.447. The SMILES string of the molecule is O=C1CCCC(=O)OC(O)(CCO)O1. The second-order valence-corrected chi connectivity index (χ2v) is 2.99. The fourth-order valence-electron chi connectivity index (χ4n) is 1.10. The molecular formula is C8H12O6. The van der Waals surface area contributed by atoms with Crippen molar-refractivity contribution in [2.24, 2.45) is 0 Å². The number of carbonyl (C=O) groups excluding carboxylic acids is 2. The highest BCUT2D eigenvalue weighted by atomic mass is 16.8. The Morgan fingerprint density at radius 1 is 1.21 bits per heavy atom. The maximum absolute atomic E-state index is 11.0. The largest absolute Gasteiger partial charge is 0.398 e. The van der Waals surface area contributed by atoms with Crippen LogP contribution in [0.1, 0.15) is 25.7 Å². The van der Waals surface area contributed by atoms with Gasteiger partial charge in [0, 0.05) is 12.8 Å². The normalized spacial score (nSPS) is 21.9. The van der Waals surface area contributed by atoms with Gasteiger partial charge in [-0.05, 0) is 6.42 Å². The molecule has 2 N–H and O–H groups in total. The molecule has 0 bridgehead atoms. The van der Waals surface area contributed by atoms with Crippen LogP contribution in [-0.2, 0) is 19.1 Å². The first-order valence-corrected chi connectivity index (χ1v) is 4.33. The van der Waals surface area contributed by atoms with Crippen molar-refractivity contribution in [2.45, 2.75) is 31.7 Å². The van der Waals surface area contributed by atoms with Crippen LogP contribution in [0.25, 0.3) is 0 Å².